The lowest BCUT2D eigenvalue weighted by Gasteiger charge is -2.07. The Balaban J connectivity index is 2.74. The van der Waals surface area contributed by atoms with Crippen molar-refractivity contribution in [2.75, 3.05) is 14.2 Å². The van der Waals surface area contributed by atoms with Gasteiger partial charge in [0.25, 0.3) is 0 Å². The average molecular weight is 250 g/mol. The van der Waals surface area contributed by atoms with Gasteiger partial charge in [-0.2, -0.15) is 0 Å². The number of hydrogen-bond acceptors (Lipinski definition) is 5. The molecule has 0 spiro atoms. The zero-order chi connectivity index (χ0) is 12.4. The van der Waals surface area contributed by atoms with Crippen molar-refractivity contribution in [3.05, 3.63) is 34.7 Å². The summed E-state index contributed by atoms with van der Waals surface area (Å²) in [5.74, 6) is -1.07. The lowest BCUT2D eigenvalue weighted by molar-refractivity contribution is 0.0557. The van der Waals surface area contributed by atoms with Crippen molar-refractivity contribution in [3.63, 3.8) is 0 Å². The van der Waals surface area contributed by atoms with E-state index in [1.807, 2.05) is 11.4 Å². The van der Waals surface area contributed by atoms with E-state index >= 15 is 0 Å². The van der Waals surface area contributed by atoms with E-state index in [0.29, 0.717) is 0 Å². The van der Waals surface area contributed by atoms with Crippen molar-refractivity contribution in [2.24, 2.45) is 0 Å². The number of thiophene rings is 1. The maximum absolute atomic E-state index is 11.7. The number of esters is 2. The van der Waals surface area contributed by atoms with Gasteiger partial charge in [0, 0.05) is 4.70 Å². The first-order chi connectivity index (χ1) is 8.19. The normalized spacial score (nSPS) is 10.2. The van der Waals surface area contributed by atoms with Gasteiger partial charge in [0.15, 0.2) is 0 Å². The third-order valence-electron chi connectivity index (χ3n) is 2.42. The van der Waals surface area contributed by atoms with E-state index in [2.05, 4.69) is 4.74 Å². The summed E-state index contributed by atoms with van der Waals surface area (Å²) in [5, 5.41) is 2.76. The molecule has 0 N–H and O–H groups in total. The van der Waals surface area contributed by atoms with Crippen molar-refractivity contribution in [2.45, 2.75) is 0 Å². The Bertz CT molecular complexity index is 585. The van der Waals surface area contributed by atoms with Gasteiger partial charge in [-0.1, -0.05) is 6.07 Å². The van der Waals surface area contributed by atoms with E-state index in [4.69, 9.17) is 4.74 Å². The van der Waals surface area contributed by atoms with E-state index in [9.17, 15) is 9.59 Å². The standard InChI is InChI=1S/C12H10O4S/c1-15-11(13)8-4-3-7-5-6-17-10(7)9(8)12(14)16-2/h3-6H,1-2H3. The number of carbonyl (C=O) groups excluding carboxylic acids is 2. The smallest absolute Gasteiger partial charge is 0.340 e. The minimum atomic E-state index is -0.541. The second-order valence-electron chi connectivity index (χ2n) is 3.31. The van der Waals surface area contributed by atoms with Gasteiger partial charge >= 0.3 is 11.9 Å². The second-order valence-corrected chi connectivity index (χ2v) is 4.23. The molecule has 17 heavy (non-hydrogen) atoms. The zero-order valence-electron chi connectivity index (χ0n) is 9.35. The van der Waals surface area contributed by atoms with Gasteiger partial charge in [-0.05, 0) is 22.9 Å². The molecule has 0 aliphatic heterocycles. The van der Waals surface area contributed by atoms with Gasteiger partial charge in [-0.3, -0.25) is 0 Å². The van der Waals surface area contributed by atoms with Gasteiger partial charge in [-0.25, -0.2) is 9.59 Å². The third kappa shape index (κ3) is 1.89. The molecule has 0 saturated carbocycles. The predicted octanol–water partition coefficient (Wildman–Crippen LogP) is 2.47. The molecule has 0 atom stereocenters. The van der Waals surface area contributed by atoms with Crippen LogP contribution in [0.15, 0.2) is 23.6 Å². The molecule has 0 radical (unpaired) electrons. The van der Waals surface area contributed by atoms with Gasteiger partial charge in [0.05, 0.1) is 25.3 Å². The molecule has 5 heteroatoms. The largest absolute Gasteiger partial charge is 0.465 e. The first-order valence-electron chi connectivity index (χ1n) is 4.86. The van der Waals surface area contributed by atoms with Gasteiger partial charge < -0.3 is 9.47 Å². The summed E-state index contributed by atoms with van der Waals surface area (Å²) in [6.45, 7) is 0. The number of methoxy groups -OCH3 is 2. The monoisotopic (exact) mass is 250 g/mol. The van der Waals surface area contributed by atoms with Crippen LogP contribution < -0.4 is 0 Å². The van der Waals surface area contributed by atoms with Crippen LogP contribution in [-0.4, -0.2) is 26.2 Å². The molecule has 1 aromatic carbocycles. The lowest BCUT2D eigenvalue weighted by Crippen LogP contribution is -2.11. The summed E-state index contributed by atoms with van der Waals surface area (Å²) in [4.78, 5) is 23.3. The first-order valence-corrected chi connectivity index (χ1v) is 5.74. The highest BCUT2D eigenvalue weighted by atomic mass is 32.1. The Labute approximate surface area is 102 Å². The number of ether oxygens (including phenoxy) is 2. The Morgan fingerprint density at radius 1 is 1.06 bits per heavy atom. The maximum atomic E-state index is 11.7. The van der Waals surface area contributed by atoms with Crippen LogP contribution in [0.4, 0.5) is 0 Å². The van der Waals surface area contributed by atoms with Crippen LogP contribution in [0.1, 0.15) is 20.7 Å². The SMILES string of the molecule is COC(=O)c1ccc2ccsc2c1C(=O)OC. The highest BCUT2D eigenvalue weighted by molar-refractivity contribution is 7.17. The summed E-state index contributed by atoms with van der Waals surface area (Å²) in [5.41, 5.74) is 0.501. The molecule has 2 rings (SSSR count). The fraction of sp³-hybridized carbons (Fsp3) is 0.167. The Morgan fingerprint density at radius 2 is 1.76 bits per heavy atom. The van der Waals surface area contributed by atoms with Crippen LogP contribution in [0.2, 0.25) is 0 Å². The molecule has 0 aliphatic carbocycles. The van der Waals surface area contributed by atoms with Crippen molar-refractivity contribution >= 4 is 33.4 Å². The van der Waals surface area contributed by atoms with Crippen LogP contribution in [0, 0.1) is 0 Å². The molecule has 2 aromatic rings. The molecule has 0 saturated heterocycles. The molecule has 0 unspecified atom stereocenters. The van der Waals surface area contributed by atoms with Gasteiger partial charge in [0.2, 0.25) is 0 Å². The molecule has 1 heterocycles. The summed E-state index contributed by atoms with van der Waals surface area (Å²) < 4.78 is 10.1. The molecular formula is C12H10O4S. The molecule has 0 amide bonds. The lowest BCUT2D eigenvalue weighted by atomic mass is 10.1. The molecule has 1 aromatic heterocycles. The third-order valence-corrected chi connectivity index (χ3v) is 3.36. The van der Waals surface area contributed by atoms with Gasteiger partial charge in [0.1, 0.15) is 0 Å². The van der Waals surface area contributed by atoms with E-state index in [1.165, 1.54) is 25.6 Å². The van der Waals surface area contributed by atoms with E-state index < -0.39 is 11.9 Å². The predicted molar refractivity (Wildman–Crippen MR) is 64.5 cm³/mol. The summed E-state index contributed by atoms with van der Waals surface area (Å²) in [6.07, 6.45) is 0. The highest BCUT2D eigenvalue weighted by Gasteiger charge is 2.21. The fourth-order valence-corrected chi connectivity index (χ4v) is 2.55. The Hall–Kier alpha value is -1.88. The molecule has 88 valence electrons. The Morgan fingerprint density at radius 3 is 2.41 bits per heavy atom. The average Bonchev–Trinajstić information content (AvgIpc) is 2.83. The number of fused-ring (bicyclic) bond motifs is 1. The van der Waals surface area contributed by atoms with Crippen LogP contribution >= 0.6 is 11.3 Å². The molecule has 4 nitrogen and oxygen atoms in total. The number of rotatable bonds is 2. The van der Waals surface area contributed by atoms with Crippen molar-refractivity contribution in [1.82, 2.24) is 0 Å². The summed E-state index contributed by atoms with van der Waals surface area (Å²) in [7, 11) is 2.57. The quantitative estimate of drug-likeness (QED) is 0.768. The van der Waals surface area contributed by atoms with Crippen molar-refractivity contribution in [3.8, 4) is 0 Å². The van der Waals surface area contributed by atoms with Crippen LogP contribution in [0.5, 0.6) is 0 Å². The second kappa shape index (κ2) is 4.55. The number of benzene rings is 1. The minimum Gasteiger partial charge on any atom is -0.465 e. The van der Waals surface area contributed by atoms with Crippen molar-refractivity contribution in [1.29, 1.82) is 0 Å². The number of hydrogen-bond donors (Lipinski definition) is 0. The number of carbonyl (C=O) groups is 2. The zero-order valence-corrected chi connectivity index (χ0v) is 10.2. The first kappa shape index (κ1) is 11.6. The molecule has 0 aliphatic rings. The molecular weight excluding hydrogens is 240 g/mol. The van der Waals surface area contributed by atoms with E-state index in [1.54, 1.807) is 12.1 Å². The minimum absolute atomic E-state index is 0.231. The molecule has 0 bridgehead atoms. The maximum Gasteiger partial charge on any atom is 0.340 e. The van der Waals surface area contributed by atoms with E-state index in [-0.39, 0.29) is 11.1 Å². The van der Waals surface area contributed by atoms with Crippen LogP contribution in [0.25, 0.3) is 10.1 Å². The van der Waals surface area contributed by atoms with Crippen molar-refractivity contribution < 1.29 is 19.1 Å². The topological polar surface area (TPSA) is 52.6 Å². The van der Waals surface area contributed by atoms with Crippen LogP contribution in [0.3, 0.4) is 0 Å². The summed E-state index contributed by atoms with van der Waals surface area (Å²) in [6, 6.07) is 5.24. The summed E-state index contributed by atoms with van der Waals surface area (Å²) >= 11 is 1.39. The van der Waals surface area contributed by atoms with Gasteiger partial charge in [-0.15, -0.1) is 11.3 Å². The Kier molecular flexibility index (Phi) is 3.10. The van der Waals surface area contributed by atoms with Crippen LogP contribution in [-0.2, 0) is 9.47 Å². The fourth-order valence-electron chi connectivity index (χ4n) is 1.62. The van der Waals surface area contributed by atoms with E-state index in [0.717, 1.165) is 10.1 Å². The molecule has 0 fully saturated rings. The highest BCUT2D eigenvalue weighted by Crippen LogP contribution is 2.28.